The smallest absolute Gasteiger partial charge is 0.0279 e. The first kappa shape index (κ1) is 10.2. The molecule has 0 spiro atoms. The molecule has 0 nitrogen and oxygen atoms in total. The lowest BCUT2D eigenvalue weighted by Crippen LogP contribution is -1.81. The van der Waals surface area contributed by atoms with E-state index < -0.39 is 0 Å². The van der Waals surface area contributed by atoms with E-state index in [4.69, 9.17) is 0 Å². The minimum atomic E-state index is 0. The van der Waals surface area contributed by atoms with Gasteiger partial charge in [-0.1, -0.05) is 51.1 Å². The van der Waals surface area contributed by atoms with Gasteiger partial charge in [0.15, 0.2) is 0 Å². The molecule has 0 saturated heterocycles. The highest BCUT2D eigenvalue weighted by molar-refractivity contribution is 5.14. The van der Waals surface area contributed by atoms with Gasteiger partial charge in [0.05, 0.1) is 0 Å². The third-order valence-electron chi connectivity index (χ3n) is 1.66. The van der Waals surface area contributed by atoms with Crippen LogP contribution < -0.4 is 0 Å². The predicted octanol–water partition coefficient (Wildman–Crippen LogP) is 3.67. The normalized spacial score (nSPS) is 8.82. The Hall–Kier alpha value is -0.780. The second kappa shape index (κ2) is 5.96. The molecular weight excluding hydrogens is 132 g/mol. The zero-order chi connectivity index (χ0) is 7.23. The average Bonchev–Trinajstić information content (AvgIpc) is 2.03. The van der Waals surface area contributed by atoms with Crippen LogP contribution in [-0.2, 0) is 6.42 Å². The Labute approximate surface area is 70.3 Å². The van der Waals surface area contributed by atoms with Gasteiger partial charge in [-0.3, -0.25) is 0 Å². The molecular formula is C11H18. The van der Waals surface area contributed by atoms with Crippen molar-refractivity contribution in [2.75, 3.05) is 0 Å². The molecule has 0 aliphatic heterocycles. The third-order valence-corrected chi connectivity index (χ3v) is 1.66. The van der Waals surface area contributed by atoms with Crippen molar-refractivity contribution < 1.29 is 0 Å². The minimum Gasteiger partial charge on any atom is -0.0776 e. The van der Waals surface area contributed by atoms with Crippen LogP contribution in [0.25, 0.3) is 0 Å². The molecule has 0 N–H and O–H groups in total. The average molecular weight is 150 g/mol. The van der Waals surface area contributed by atoms with E-state index >= 15 is 0 Å². The van der Waals surface area contributed by atoms with Crippen LogP contribution in [0.5, 0.6) is 0 Å². The summed E-state index contributed by atoms with van der Waals surface area (Å²) in [5, 5.41) is 0. The summed E-state index contributed by atoms with van der Waals surface area (Å²) in [6.07, 6.45) is 3.83. The summed E-state index contributed by atoms with van der Waals surface area (Å²) >= 11 is 0. The number of unbranched alkanes of at least 4 members (excludes halogenated alkanes) is 1. The summed E-state index contributed by atoms with van der Waals surface area (Å²) in [6.45, 7) is 2.23. The maximum absolute atomic E-state index is 2.23. The summed E-state index contributed by atoms with van der Waals surface area (Å²) in [6, 6.07) is 10.6. The minimum absolute atomic E-state index is 0. The zero-order valence-corrected chi connectivity index (χ0v) is 6.51. The van der Waals surface area contributed by atoms with E-state index in [1.165, 1.54) is 24.8 Å². The Balaban J connectivity index is 0.000001000. The monoisotopic (exact) mass is 150 g/mol. The van der Waals surface area contributed by atoms with Gasteiger partial charge in [0.25, 0.3) is 0 Å². The van der Waals surface area contributed by atoms with Crippen LogP contribution in [0, 0.1) is 0 Å². The molecule has 1 aromatic carbocycles. The number of rotatable bonds is 3. The van der Waals surface area contributed by atoms with Crippen molar-refractivity contribution in [3.63, 3.8) is 0 Å². The van der Waals surface area contributed by atoms with Crippen LogP contribution in [0.15, 0.2) is 30.3 Å². The maximum atomic E-state index is 2.23. The highest BCUT2D eigenvalue weighted by Gasteiger charge is 1.87. The Bertz CT molecular complexity index is 165. The zero-order valence-electron chi connectivity index (χ0n) is 6.51. The summed E-state index contributed by atoms with van der Waals surface area (Å²) < 4.78 is 0. The first-order valence-electron chi connectivity index (χ1n) is 3.97. The van der Waals surface area contributed by atoms with E-state index in [9.17, 15) is 0 Å². The van der Waals surface area contributed by atoms with Gasteiger partial charge in [-0.15, -0.1) is 0 Å². The van der Waals surface area contributed by atoms with E-state index in [0.717, 1.165) is 0 Å². The molecule has 0 atom stereocenters. The summed E-state index contributed by atoms with van der Waals surface area (Å²) in [5.74, 6) is 0. The molecule has 1 aromatic rings. The van der Waals surface area contributed by atoms with Gasteiger partial charge < -0.3 is 0 Å². The Kier molecular flexibility index (Phi) is 5.54. The lowest BCUT2D eigenvalue weighted by Gasteiger charge is -1.96. The van der Waals surface area contributed by atoms with Crippen molar-refractivity contribution in [2.24, 2.45) is 0 Å². The molecule has 0 amide bonds. The summed E-state index contributed by atoms with van der Waals surface area (Å²) in [4.78, 5) is 0. The molecule has 1 rings (SSSR count). The van der Waals surface area contributed by atoms with Crippen LogP contribution >= 0.6 is 0 Å². The number of benzene rings is 1. The molecule has 0 aromatic heterocycles. The Morgan fingerprint density at radius 1 is 1.09 bits per heavy atom. The molecule has 0 radical (unpaired) electrons. The van der Waals surface area contributed by atoms with E-state index in [2.05, 4.69) is 37.3 Å². The van der Waals surface area contributed by atoms with Crippen LogP contribution in [0.3, 0.4) is 0 Å². The van der Waals surface area contributed by atoms with Crippen LogP contribution in [0.4, 0.5) is 0 Å². The largest absolute Gasteiger partial charge is 0.0776 e. The first-order chi connectivity index (χ1) is 4.93. The lowest BCUT2D eigenvalue weighted by atomic mass is 10.1. The second-order valence-corrected chi connectivity index (χ2v) is 2.59. The van der Waals surface area contributed by atoms with E-state index in [-0.39, 0.29) is 7.43 Å². The standard InChI is InChI=1S/C10H14.CH4/c1-2-3-7-10-8-5-4-6-9-10;/h4-6,8-9H,2-3,7H2,1H3;1H4. The SMILES string of the molecule is C.CCCCc1ccccc1. The van der Waals surface area contributed by atoms with E-state index in [0.29, 0.717) is 0 Å². The van der Waals surface area contributed by atoms with E-state index in [1.54, 1.807) is 0 Å². The predicted molar refractivity (Wildman–Crippen MR) is 51.8 cm³/mol. The molecule has 0 saturated carbocycles. The van der Waals surface area contributed by atoms with Gasteiger partial charge in [0, 0.05) is 0 Å². The van der Waals surface area contributed by atoms with E-state index in [1.807, 2.05) is 0 Å². The topological polar surface area (TPSA) is 0 Å². The quantitative estimate of drug-likeness (QED) is 0.616. The number of aryl methyl sites for hydroxylation is 1. The Morgan fingerprint density at radius 2 is 1.73 bits per heavy atom. The van der Waals surface area contributed by atoms with Gasteiger partial charge in [0.1, 0.15) is 0 Å². The molecule has 0 bridgehead atoms. The maximum Gasteiger partial charge on any atom is -0.0279 e. The molecule has 0 fully saturated rings. The van der Waals surface area contributed by atoms with Crippen molar-refractivity contribution >= 4 is 0 Å². The lowest BCUT2D eigenvalue weighted by molar-refractivity contribution is 0.795. The fourth-order valence-electron chi connectivity index (χ4n) is 1.03. The molecule has 0 unspecified atom stereocenters. The van der Waals surface area contributed by atoms with Crippen molar-refractivity contribution in [2.45, 2.75) is 33.6 Å². The molecule has 62 valence electrons. The van der Waals surface area contributed by atoms with Crippen molar-refractivity contribution in [1.82, 2.24) is 0 Å². The van der Waals surface area contributed by atoms with Gasteiger partial charge in [0.2, 0.25) is 0 Å². The third kappa shape index (κ3) is 3.82. The first-order valence-corrected chi connectivity index (χ1v) is 3.97. The molecule has 0 heteroatoms. The van der Waals surface area contributed by atoms with Gasteiger partial charge in [-0.25, -0.2) is 0 Å². The number of hydrogen-bond acceptors (Lipinski definition) is 0. The second-order valence-electron chi connectivity index (χ2n) is 2.59. The van der Waals surface area contributed by atoms with Crippen molar-refractivity contribution in [1.29, 1.82) is 0 Å². The summed E-state index contributed by atoms with van der Waals surface area (Å²) in [5.41, 5.74) is 1.46. The highest BCUT2D eigenvalue weighted by Crippen LogP contribution is 2.03. The van der Waals surface area contributed by atoms with Gasteiger partial charge in [-0.05, 0) is 18.4 Å². The van der Waals surface area contributed by atoms with Crippen LogP contribution in [-0.4, -0.2) is 0 Å². The van der Waals surface area contributed by atoms with Gasteiger partial charge >= 0.3 is 0 Å². The fraction of sp³-hybridized carbons (Fsp3) is 0.455. The fourth-order valence-corrected chi connectivity index (χ4v) is 1.03. The molecule has 0 heterocycles. The van der Waals surface area contributed by atoms with Crippen molar-refractivity contribution in [3.05, 3.63) is 35.9 Å². The van der Waals surface area contributed by atoms with Crippen molar-refractivity contribution in [3.8, 4) is 0 Å². The van der Waals surface area contributed by atoms with Crippen LogP contribution in [0.2, 0.25) is 0 Å². The summed E-state index contributed by atoms with van der Waals surface area (Å²) in [7, 11) is 0. The van der Waals surface area contributed by atoms with Crippen LogP contribution in [0.1, 0.15) is 32.8 Å². The molecule has 0 aliphatic rings. The highest BCUT2D eigenvalue weighted by atomic mass is 13.9. The molecule has 0 aliphatic carbocycles. The Morgan fingerprint density at radius 3 is 2.27 bits per heavy atom. The number of hydrogen-bond donors (Lipinski definition) is 0. The molecule has 11 heavy (non-hydrogen) atoms. The van der Waals surface area contributed by atoms with Gasteiger partial charge in [-0.2, -0.15) is 0 Å².